The molecule has 4 rings (SSSR count). The molecule has 0 aliphatic carbocycles. The second kappa shape index (κ2) is 6.46. The zero-order chi connectivity index (χ0) is 19.1. The summed E-state index contributed by atoms with van der Waals surface area (Å²) in [6, 6.07) is 7.44. The van der Waals surface area contributed by atoms with Gasteiger partial charge in [-0.3, -0.25) is 9.59 Å². The van der Waals surface area contributed by atoms with Crippen molar-refractivity contribution in [3.63, 3.8) is 0 Å². The van der Waals surface area contributed by atoms with Crippen molar-refractivity contribution in [1.82, 2.24) is 24.5 Å². The molecule has 0 spiro atoms. The van der Waals surface area contributed by atoms with E-state index in [0.717, 1.165) is 22.6 Å². The smallest absolute Gasteiger partial charge is 0.251 e. The lowest BCUT2D eigenvalue weighted by atomic mass is 10.1. The predicted octanol–water partition coefficient (Wildman–Crippen LogP) is 1.82. The summed E-state index contributed by atoms with van der Waals surface area (Å²) in [6.45, 7) is 4.28. The monoisotopic (exact) mass is 364 g/mol. The first kappa shape index (κ1) is 17.1. The number of fused-ring (bicyclic) bond motifs is 1. The van der Waals surface area contributed by atoms with E-state index < -0.39 is 0 Å². The van der Waals surface area contributed by atoms with Gasteiger partial charge in [0.05, 0.1) is 29.2 Å². The molecule has 8 nitrogen and oxygen atoms in total. The number of rotatable bonds is 3. The lowest BCUT2D eigenvalue weighted by molar-refractivity contribution is -0.127. The van der Waals surface area contributed by atoms with Crippen LogP contribution in [0, 0.1) is 19.8 Å². The van der Waals surface area contributed by atoms with Crippen molar-refractivity contribution in [2.75, 3.05) is 18.9 Å². The van der Waals surface area contributed by atoms with Gasteiger partial charge in [0.2, 0.25) is 11.8 Å². The molecule has 138 valence electrons. The minimum Gasteiger partial charge on any atom is -0.345 e. The highest BCUT2D eigenvalue weighted by Crippen LogP contribution is 2.22. The molecule has 27 heavy (non-hydrogen) atoms. The van der Waals surface area contributed by atoms with Crippen molar-refractivity contribution in [2.45, 2.75) is 20.3 Å². The summed E-state index contributed by atoms with van der Waals surface area (Å²) >= 11 is 0. The van der Waals surface area contributed by atoms with Crippen molar-refractivity contribution >= 4 is 23.3 Å². The number of hydrogen-bond donors (Lipinski definition) is 1. The number of benzene rings is 1. The summed E-state index contributed by atoms with van der Waals surface area (Å²) in [4.78, 5) is 34.4. The fourth-order valence-electron chi connectivity index (χ4n) is 3.12. The largest absolute Gasteiger partial charge is 0.345 e. The van der Waals surface area contributed by atoms with Crippen molar-refractivity contribution in [1.29, 1.82) is 0 Å². The summed E-state index contributed by atoms with van der Waals surface area (Å²) in [5.41, 5.74) is 4.08. The van der Waals surface area contributed by atoms with E-state index in [1.54, 1.807) is 16.5 Å². The van der Waals surface area contributed by atoms with Gasteiger partial charge >= 0.3 is 0 Å². The maximum absolute atomic E-state index is 12.3. The number of nitrogens with zero attached hydrogens (tertiary/aromatic N) is 5. The highest BCUT2D eigenvalue weighted by molar-refractivity contribution is 5.97. The number of carbonyl (C=O) groups is 2. The molecule has 2 amide bonds. The molecular weight excluding hydrogens is 344 g/mol. The first-order chi connectivity index (χ1) is 12.9. The van der Waals surface area contributed by atoms with Gasteiger partial charge in [0.25, 0.3) is 5.78 Å². The number of aromatic nitrogens is 4. The number of carbonyl (C=O) groups excluding carboxylic acids is 2. The van der Waals surface area contributed by atoms with Crippen molar-refractivity contribution in [3.05, 3.63) is 41.9 Å². The van der Waals surface area contributed by atoms with E-state index in [-0.39, 0.29) is 24.2 Å². The first-order valence-electron chi connectivity index (χ1n) is 8.76. The van der Waals surface area contributed by atoms with Crippen LogP contribution >= 0.6 is 0 Å². The third-order valence-corrected chi connectivity index (χ3v) is 4.88. The van der Waals surface area contributed by atoms with Gasteiger partial charge < -0.3 is 10.2 Å². The van der Waals surface area contributed by atoms with Crippen molar-refractivity contribution < 1.29 is 9.59 Å². The number of likely N-dealkylation sites (tertiary alicyclic amines) is 1. The zero-order valence-electron chi connectivity index (χ0n) is 15.4. The second-order valence-electron chi connectivity index (χ2n) is 6.90. The summed E-state index contributed by atoms with van der Waals surface area (Å²) < 4.78 is 1.67. The average Bonchev–Trinajstić information content (AvgIpc) is 3.19. The molecule has 1 fully saturated rings. The summed E-state index contributed by atoms with van der Waals surface area (Å²) in [5.74, 6) is 0.127. The van der Waals surface area contributed by atoms with E-state index in [0.29, 0.717) is 18.0 Å². The lowest BCUT2D eigenvalue weighted by Gasteiger charge is -2.11. The third-order valence-electron chi connectivity index (χ3n) is 4.88. The van der Waals surface area contributed by atoms with E-state index >= 15 is 0 Å². The Morgan fingerprint density at radius 2 is 1.89 bits per heavy atom. The molecule has 0 bridgehead atoms. The number of anilines is 1. The molecular formula is C19H20N6O2. The number of aryl methyl sites for hydroxylation is 2. The Hall–Kier alpha value is -3.29. The van der Waals surface area contributed by atoms with Gasteiger partial charge in [-0.05, 0) is 26.0 Å². The van der Waals surface area contributed by atoms with Crippen LogP contribution < -0.4 is 5.32 Å². The number of imidazole rings is 1. The Kier molecular flexibility index (Phi) is 4.10. The molecule has 1 aliphatic heterocycles. The molecule has 1 atom stereocenters. The van der Waals surface area contributed by atoms with Crippen molar-refractivity contribution in [2.24, 2.45) is 5.92 Å². The first-order valence-corrected chi connectivity index (χ1v) is 8.76. The molecule has 1 aliphatic rings. The summed E-state index contributed by atoms with van der Waals surface area (Å²) in [7, 11) is 1.71. The fourth-order valence-corrected chi connectivity index (χ4v) is 3.12. The lowest BCUT2D eigenvalue weighted by Crippen LogP contribution is -2.25. The second-order valence-corrected chi connectivity index (χ2v) is 6.90. The van der Waals surface area contributed by atoms with E-state index in [1.807, 2.05) is 44.3 Å². The van der Waals surface area contributed by atoms with E-state index in [1.165, 1.54) is 0 Å². The zero-order valence-corrected chi connectivity index (χ0v) is 15.4. The minimum absolute atomic E-state index is 0.00467. The maximum atomic E-state index is 12.3. The van der Waals surface area contributed by atoms with Gasteiger partial charge in [0.15, 0.2) is 0 Å². The van der Waals surface area contributed by atoms with Crippen LogP contribution in [0.5, 0.6) is 0 Å². The Morgan fingerprint density at radius 1 is 1.15 bits per heavy atom. The van der Waals surface area contributed by atoms with E-state index in [2.05, 4.69) is 20.4 Å². The molecule has 0 saturated carbocycles. The standard InChI is InChI=1S/C19H20N6O2/c1-11-12(2)23-25-10-16(22-19(25)20-11)13-4-6-15(7-5-13)21-18(27)14-8-17(26)24(3)9-14/h4-7,10,14H,8-9H2,1-3H3,(H,21,27)/t14-/m0/s1. The Bertz CT molecular complexity index is 1000. The van der Waals surface area contributed by atoms with E-state index in [4.69, 9.17) is 0 Å². The van der Waals surface area contributed by atoms with Gasteiger partial charge in [-0.1, -0.05) is 12.1 Å². The molecule has 3 aromatic rings. The highest BCUT2D eigenvalue weighted by atomic mass is 16.2. The minimum atomic E-state index is -0.302. The predicted molar refractivity (Wildman–Crippen MR) is 100 cm³/mol. The Labute approximate surface area is 156 Å². The summed E-state index contributed by atoms with van der Waals surface area (Å²) in [6.07, 6.45) is 2.10. The molecule has 1 N–H and O–H groups in total. The quantitative estimate of drug-likeness (QED) is 0.765. The molecule has 8 heteroatoms. The Morgan fingerprint density at radius 3 is 2.56 bits per heavy atom. The van der Waals surface area contributed by atoms with Crippen LogP contribution in [-0.4, -0.2) is 49.9 Å². The van der Waals surface area contributed by atoms with Gasteiger partial charge in [0.1, 0.15) is 0 Å². The van der Waals surface area contributed by atoms with Crippen LogP contribution in [0.25, 0.3) is 17.0 Å². The maximum Gasteiger partial charge on any atom is 0.251 e. The van der Waals surface area contributed by atoms with Crippen LogP contribution in [0.4, 0.5) is 5.69 Å². The molecule has 0 unspecified atom stereocenters. The van der Waals surface area contributed by atoms with Crippen LogP contribution in [0.1, 0.15) is 17.8 Å². The Balaban J connectivity index is 1.50. The van der Waals surface area contributed by atoms with Crippen LogP contribution in [0.2, 0.25) is 0 Å². The summed E-state index contributed by atoms with van der Waals surface area (Å²) in [5, 5.41) is 7.31. The molecule has 0 radical (unpaired) electrons. The average molecular weight is 364 g/mol. The fraction of sp³-hybridized carbons (Fsp3) is 0.316. The number of hydrogen-bond acceptors (Lipinski definition) is 5. The van der Waals surface area contributed by atoms with Crippen LogP contribution in [-0.2, 0) is 9.59 Å². The third kappa shape index (κ3) is 3.25. The topological polar surface area (TPSA) is 92.5 Å². The number of amides is 2. The van der Waals surface area contributed by atoms with Gasteiger partial charge in [-0.15, -0.1) is 0 Å². The van der Waals surface area contributed by atoms with E-state index in [9.17, 15) is 9.59 Å². The number of nitrogens with one attached hydrogen (secondary N) is 1. The van der Waals surface area contributed by atoms with Crippen molar-refractivity contribution in [3.8, 4) is 11.3 Å². The normalized spacial score (nSPS) is 16.9. The highest BCUT2D eigenvalue weighted by Gasteiger charge is 2.32. The van der Waals surface area contributed by atoms with Gasteiger partial charge in [-0.25, -0.2) is 14.5 Å². The van der Waals surface area contributed by atoms with Gasteiger partial charge in [0, 0.05) is 31.3 Å². The molecule has 3 heterocycles. The SMILES string of the molecule is Cc1nc2nc(-c3ccc(NC(=O)[C@H]4CC(=O)N(C)C4)cc3)cn2nc1C. The molecule has 2 aromatic heterocycles. The molecule has 1 aromatic carbocycles. The van der Waals surface area contributed by atoms with Crippen LogP contribution in [0.3, 0.4) is 0 Å². The van der Waals surface area contributed by atoms with Gasteiger partial charge in [-0.2, -0.15) is 5.10 Å². The molecule has 1 saturated heterocycles. The van der Waals surface area contributed by atoms with Crippen LogP contribution in [0.15, 0.2) is 30.5 Å².